The summed E-state index contributed by atoms with van der Waals surface area (Å²) in [5, 5.41) is 17.9. The minimum atomic E-state index is -0.119. The number of hydrogen-bond acceptors (Lipinski definition) is 2. The lowest BCUT2D eigenvalue weighted by Crippen LogP contribution is -1.90. The highest BCUT2D eigenvalue weighted by atomic mass is 35.5. The van der Waals surface area contributed by atoms with Gasteiger partial charge in [-0.1, -0.05) is 61.7 Å². The topological polar surface area (TPSA) is 40.5 Å². The summed E-state index contributed by atoms with van der Waals surface area (Å²) >= 11 is 11.5. The molecule has 0 bridgehead atoms. The van der Waals surface area contributed by atoms with Crippen molar-refractivity contribution < 1.29 is 10.2 Å². The molecule has 2 nitrogen and oxygen atoms in total. The minimum absolute atomic E-state index is 0.0218. The third-order valence-electron chi connectivity index (χ3n) is 1.79. The Morgan fingerprint density at radius 2 is 1.06 bits per heavy atom. The molecule has 0 aromatic heterocycles. The molecule has 0 heterocycles. The van der Waals surface area contributed by atoms with E-state index < -0.39 is 0 Å². The standard InChI is InChI=1S/C14H14Cl2O2/c1-9(5-7-11(3)17)13(14(15)16)10(2)6-8-12(4)18/h5-8,17-18H,1-4H2/b7-5-,8-6-. The maximum Gasteiger partial charge on any atom is 0.115 e. The van der Waals surface area contributed by atoms with Crippen molar-refractivity contribution in [1.82, 2.24) is 0 Å². The van der Waals surface area contributed by atoms with Crippen molar-refractivity contribution in [3.63, 3.8) is 0 Å². The summed E-state index contributed by atoms with van der Waals surface area (Å²) in [6.07, 6.45) is 5.69. The van der Waals surface area contributed by atoms with Crippen molar-refractivity contribution in [2.75, 3.05) is 0 Å². The molecule has 0 aliphatic carbocycles. The third kappa shape index (κ3) is 6.18. The van der Waals surface area contributed by atoms with Gasteiger partial charge in [0.25, 0.3) is 0 Å². The lowest BCUT2D eigenvalue weighted by atomic mass is 10.0. The van der Waals surface area contributed by atoms with Crippen molar-refractivity contribution in [3.05, 3.63) is 83.3 Å². The molecule has 0 unspecified atom stereocenters. The van der Waals surface area contributed by atoms with Crippen molar-refractivity contribution >= 4 is 23.2 Å². The summed E-state index contributed by atoms with van der Waals surface area (Å²) in [7, 11) is 0. The van der Waals surface area contributed by atoms with Gasteiger partial charge in [0.05, 0.1) is 0 Å². The Morgan fingerprint density at radius 1 is 0.722 bits per heavy atom. The van der Waals surface area contributed by atoms with Crippen LogP contribution in [0.15, 0.2) is 83.3 Å². The highest BCUT2D eigenvalue weighted by Crippen LogP contribution is 2.28. The normalized spacial score (nSPS) is 10.6. The molecule has 0 aromatic carbocycles. The van der Waals surface area contributed by atoms with Crippen LogP contribution in [0.3, 0.4) is 0 Å². The van der Waals surface area contributed by atoms with Crippen molar-refractivity contribution in [3.8, 4) is 0 Å². The van der Waals surface area contributed by atoms with Crippen LogP contribution in [-0.4, -0.2) is 10.2 Å². The summed E-state index contributed by atoms with van der Waals surface area (Å²) in [4.78, 5) is 0. The third-order valence-corrected chi connectivity index (χ3v) is 2.16. The number of aliphatic hydroxyl groups is 2. The lowest BCUT2D eigenvalue weighted by molar-refractivity contribution is 0.435. The van der Waals surface area contributed by atoms with E-state index in [4.69, 9.17) is 33.4 Å². The number of halogens is 2. The Morgan fingerprint density at radius 3 is 1.28 bits per heavy atom. The molecule has 0 spiro atoms. The lowest BCUT2D eigenvalue weighted by Gasteiger charge is -2.08. The predicted octanol–water partition coefficient (Wildman–Crippen LogP) is 5.04. The molecule has 0 fully saturated rings. The van der Waals surface area contributed by atoms with Gasteiger partial charge in [0.1, 0.15) is 16.0 Å². The van der Waals surface area contributed by atoms with Crippen molar-refractivity contribution in [2.24, 2.45) is 0 Å². The monoisotopic (exact) mass is 284 g/mol. The molecule has 0 saturated heterocycles. The fraction of sp³-hybridized carbons (Fsp3) is 0. The largest absolute Gasteiger partial charge is 0.509 e. The Hall–Kier alpha value is -1.64. The zero-order valence-corrected chi connectivity index (χ0v) is 11.3. The molecule has 0 aromatic rings. The fourth-order valence-corrected chi connectivity index (χ4v) is 1.49. The average molecular weight is 285 g/mol. The first-order chi connectivity index (χ1) is 8.25. The predicted molar refractivity (Wildman–Crippen MR) is 78.8 cm³/mol. The van der Waals surface area contributed by atoms with Crippen LogP contribution in [0.25, 0.3) is 0 Å². The van der Waals surface area contributed by atoms with E-state index in [2.05, 4.69) is 26.3 Å². The molecule has 4 heteroatoms. The van der Waals surface area contributed by atoms with Gasteiger partial charge in [-0.15, -0.1) is 0 Å². The SMILES string of the molecule is C=C(O)/C=C\C(=C)C(C(=C)/C=C\C(=C)O)=C(Cl)Cl. The van der Waals surface area contributed by atoms with Crippen LogP contribution < -0.4 is 0 Å². The quantitative estimate of drug-likeness (QED) is 0.530. The molecule has 0 aliphatic heterocycles. The van der Waals surface area contributed by atoms with E-state index in [0.717, 1.165) is 0 Å². The zero-order valence-electron chi connectivity index (χ0n) is 9.79. The first-order valence-electron chi connectivity index (χ1n) is 4.81. The maximum absolute atomic E-state index is 8.95. The molecule has 18 heavy (non-hydrogen) atoms. The second kappa shape index (κ2) is 7.64. The maximum atomic E-state index is 8.95. The molecular formula is C14H14Cl2O2. The van der Waals surface area contributed by atoms with Crippen LogP contribution in [0.2, 0.25) is 0 Å². The zero-order chi connectivity index (χ0) is 14.3. The minimum Gasteiger partial charge on any atom is -0.509 e. The average Bonchev–Trinajstić information content (AvgIpc) is 2.23. The highest BCUT2D eigenvalue weighted by Gasteiger charge is 2.07. The Labute approximate surface area is 117 Å². The summed E-state index contributed by atoms with van der Waals surface area (Å²) in [5.74, 6) is -0.239. The Bertz CT molecular complexity index is 438. The summed E-state index contributed by atoms with van der Waals surface area (Å²) < 4.78 is -0.0218. The molecule has 2 N–H and O–H groups in total. The first-order valence-corrected chi connectivity index (χ1v) is 5.57. The van der Waals surface area contributed by atoms with E-state index >= 15 is 0 Å². The van der Waals surface area contributed by atoms with Gasteiger partial charge in [-0.3, -0.25) is 0 Å². The number of hydrogen-bond donors (Lipinski definition) is 2. The Balaban J connectivity index is 5.19. The highest BCUT2D eigenvalue weighted by molar-refractivity contribution is 6.56. The van der Waals surface area contributed by atoms with E-state index in [1.54, 1.807) is 0 Å². The Kier molecular flexibility index (Phi) is 6.94. The van der Waals surface area contributed by atoms with Crippen LogP contribution in [0.1, 0.15) is 0 Å². The van der Waals surface area contributed by atoms with Gasteiger partial charge < -0.3 is 10.2 Å². The molecule has 0 radical (unpaired) electrons. The van der Waals surface area contributed by atoms with Gasteiger partial charge in [0, 0.05) is 5.57 Å². The molecule has 0 saturated carbocycles. The second-order valence-corrected chi connectivity index (χ2v) is 4.28. The molecule has 0 aliphatic rings. The summed E-state index contributed by atoms with van der Waals surface area (Å²) in [5.41, 5.74) is 1.29. The van der Waals surface area contributed by atoms with Crippen molar-refractivity contribution in [2.45, 2.75) is 0 Å². The van der Waals surface area contributed by atoms with Gasteiger partial charge in [0.15, 0.2) is 0 Å². The smallest absolute Gasteiger partial charge is 0.115 e. The van der Waals surface area contributed by atoms with Crippen LogP contribution in [0.5, 0.6) is 0 Å². The van der Waals surface area contributed by atoms with Gasteiger partial charge in [-0.25, -0.2) is 0 Å². The van der Waals surface area contributed by atoms with Gasteiger partial charge in [0.2, 0.25) is 0 Å². The second-order valence-electron chi connectivity index (χ2n) is 3.34. The van der Waals surface area contributed by atoms with Crippen LogP contribution in [0.4, 0.5) is 0 Å². The molecule has 0 atom stereocenters. The van der Waals surface area contributed by atoms with E-state index in [1.807, 2.05) is 0 Å². The van der Waals surface area contributed by atoms with Gasteiger partial charge in [-0.05, 0) is 23.3 Å². The van der Waals surface area contributed by atoms with Gasteiger partial charge in [-0.2, -0.15) is 0 Å². The molecule has 96 valence electrons. The van der Waals surface area contributed by atoms with E-state index in [-0.39, 0.29) is 16.0 Å². The molecular weight excluding hydrogens is 271 g/mol. The van der Waals surface area contributed by atoms with E-state index in [9.17, 15) is 0 Å². The summed E-state index contributed by atoms with van der Waals surface area (Å²) in [6, 6.07) is 0. The molecule has 0 rings (SSSR count). The van der Waals surface area contributed by atoms with Crippen molar-refractivity contribution in [1.29, 1.82) is 0 Å². The number of aliphatic hydroxyl groups excluding tert-OH is 2. The molecule has 0 amide bonds. The number of rotatable bonds is 6. The van der Waals surface area contributed by atoms with E-state index in [0.29, 0.717) is 16.7 Å². The van der Waals surface area contributed by atoms with Crippen LogP contribution >= 0.6 is 23.2 Å². The van der Waals surface area contributed by atoms with E-state index in [1.165, 1.54) is 24.3 Å². The van der Waals surface area contributed by atoms with Gasteiger partial charge >= 0.3 is 0 Å². The first kappa shape index (κ1) is 16.4. The fourth-order valence-electron chi connectivity index (χ4n) is 1.01. The van der Waals surface area contributed by atoms with Crippen LogP contribution in [0, 0.1) is 0 Å². The summed E-state index contributed by atoms with van der Waals surface area (Å²) in [6.45, 7) is 14.1. The number of allylic oxidation sites excluding steroid dienone is 7. The van der Waals surface area contributed by atoms with Crippen LogP contribution in [-0.2, 0) is 0 Å².